The second kappa shape index (κ2) is 31.9. The summed E-state index contributed by atoms with van der Waals surface area (Å²) in [5.74, 6) is -0.301. The Balaban J connectivity index is 1.54. The van der Waals surface area contributed by atoms with E-state index in [0.29, 0.717) is 6.42 Å². The summed E-state index contributed by atoms with van der Waals surface area (Å²) in [7, 11) is 0. The summed E-state index contributed by atoms with van der Waals surface area (Å²) in [4.78, 5) is 13.1. The van der Waals surface area contributed by atoms with Crippen LogP contribution in [-0.2, 0) is 33.2 Å². The predicted octanol–water partition coefficient (Wildman–Crippen LogP) is 0.247. The fourth-order valence-electron chi connectivity index (χ4n) is 7.86. The highest BCUT2D eigenvalue weighted by Gasteiger charge is 2.53. The molecule has 0 radical (unpaired) electrons. The molecule has 19 nitrogen and oxygen atoms in total. The van der Waals surface area contributed by atoms with E-state index in [-0.39, 0.29) is 18.9 Å². The van der Waals surface area contributed by atoms with Gasteiger partial charge in [0.15, 0.2) is 18.9 Å². The molecule has 3 rings (SSSR count). The van der Waals surface area contributed by atoms with E-state index in [2.05, 4.69) is 43.5 Å². The monoisotopic (exact) mass is 936 g/mol. The molecule has 17 atom stereocenters. The molecule has 0 aromatic heterocycles. The second-order valence-electron chi connectivity index (χ2n) is 17.2. The highest BCUT2D eigenvalue weighted by molar-refractivity contribution is 5.76. The number of hydrogen-bond donors (Lipinski definition) is 12. The smallest absolute Gasteiger partial charge is 0.220 e. The number of allylic oxidation sites excluding steroid dienone is 5. The van der Waals surface area contributed by atoms with E-state index in [1.807, 2.05) is 6.08 Å². The third-order valence-electron chi connectivity index (χ3n) is 11.9. The number of ether oxygens (including phenoxy) is 6. The molecular formula is C46H81NO18. The molecule has 1 amide bonds. The van der Waals surface area contributed by atoms with Crippen molar-refractivity contribution in [1.29, 1.82) is 0 Å². The van der Waals surface area contributed by atoms with Gasteiger partial charge < -0.3 is 89.9 Å². The number of hydrogen-bond acceptors (Lipinski definition) is 18. The van der Waals surface area contributed by atoms with Crippen molar-refractivity contribution < 1.29 is 89.4 Å². The lowest BCUT2D eigenvalue weighted by Crippen LogP contribution is -2.66. The van der Waals surface area contributed by atoms with Gasteiger partial charge in [0.25, 0.3) is 0 Å². The van der Waals surface area contributed by atoms with Gasteiger partial charge in [-0.3, -0.25) is 4.79 Å². The lowest BCUT2D eigenvalue weighted by Gasteiger charge is -2.48. The van der Waals surface area contributed by atoms with Crippen molar-refractivity contribution in [1.82, 2.24) is 5.32 Å². The van der Waals surface area contributed by atoms with Gasteiger partial charge in [-0.05, 0) is 51.4 Å². The van der Waals surface area contributed by atoms with Crippen molar-refractivity contribution in [2.75, 3.05) is 26.4 Å². The lowest BCUT2D eigenvalue weighted by atomic mass is 9.96. The molecule has 378 valence electrons. The first-order valence-electron chi connectivity index (χ1n) is 23.7. The molecule has 0 aromatic carbocycles. The van der Waals surface area contributed by atoms with Crippen molar-refractivity contribution in [3.63, 3.8) is 0 Å². The highest BCUT2D eigenvalue weighted by atomic mass is 16.8. The molecule has 12 N–H and O–H groups in total. The Morgan fingerprint density at radius 3 is 1.57 bits per heavy atom. The third kappa shape index (κ3) is 18.8. The standard InChI is InChI=1S/C46H81NO18/c1-3-5-7-9-10-11-12-13-14-15-16-17-18-20-22-24-34(52)47-29(30(51)23-21-19-8-6-4-2)28-60-44-40(58)37(55)42(32(26-49)62-44)65-46-41(59)38(56)43(33(27-50)63-46)64-45-39(57)36(54)35(53)31(25-48)61-45/h10-11,13-14,21,23,29-33,35-46,48-51,53-59H,3-9,12,15-20,22,24-28H2,1-2H3,(H,47,52)/b11-10-,14-13-,23-21+. The van der Waals surface area contributed by atoms with Gasteiger partial charge in [-0.2, -0.15) is 0 Å². The minimum atomic E-state index is -1.98. The number of nitrogens with one attached hydrogen (secondary N) is 1. The zero-order chi connectivity index (χ0) is 47.7. The van der Waals surface area contributed by atoms with Gasteiger partial charge >= 0.3 is 0 Å². The molecular weight excluding hydrogens is 854 g/mol. The van der Waals surface area contributed by atoms with Crippen molar-refractivity contribution >= 4 is 5.91 Å². The average Bonchev–Trinajstić information content (AvgIpc) is 3.30. The lowest BCUT2D eigenvalue weighted by molar-refractivity contribution is -0.379. The van der Waals surface area contributed by atoms with E-state index in [0.717, 1.165) is 70.6 Å². The molecule has 3 aliphatic rings. The first-order chi connectivity index (χ1) is 31.3. The maximum absolute atomic E-state index is 13.1. The fraction of sp³-hybridized carbons (Fsp3) is 0.848. The van der Waals surface area contributed by atoms with Gasteiger partial charge in [-0.25, -0.2) is 0 Å². The van der Waals surface area contributed by atoms with Crippen LogP contribution in [0.25, 0.3) is 0 Å². The van der Waals surface area contributed by atoms with Crippen LogP contribution in [0, 0.1) is 0 Å². The van der Waals surface area contributed by atoms with Crippen LogP contribution in [0.4, 0.5) is 0 Å². The minimum absolute atomic E-state index is 0.225. The Labute approximate surface area is 383 Å². The Morgan fingerprint density at radius 1 is 0.554 bits per heavy atom. The predicted molar refractivity (Wildman–Crippen MR) is 236 cm³/mol. The van der Waals surface area contributed by atoms with Crippen LogP contribution in [0.5, 0.6) is 0 Å². The fourth-order valence-corrected chi connectivity index (χ4v) is 7.86. The molecule has 3 saturated heterocycles. The Bertz CT molecular complexity index is 1350. The van der Waals surface area contributed by atoms with Gasteiger partial charge in [0.1, 0.15) is 73.2 Å². The molecule has 3 fully saturated rings. The van der Waals surface area contributed by atoms with E-state index in [9.17, 15) is 61.0 Å². The van der Waals surface area contributed by atoms with Gasteiger partial charge in [0.2, 0.25) is 5.91 Å². The van der Waals surface area contributed by atoms with Crippen LogP contribution in [-0.4, -0.2) is 193 Å². The van der Waals surface area contributed by atoms with Crippen LogP contribution < -0.4 is 5.32 Å². The van der Waals surface area contributed by atoms with Gasteiger partial charge in [-0.1, -0.05) is 95.2 Å². The van der Waals surface area contributed by atoms with Gasteiger partial charge in [0.05, 0.1) is 38.6 Å². The Morgan fingerprint density at radius 2 is 1.02 bits per heavy atom. The Kier molecular flexibility index (Phi) is 28.2. The minimum Gasteiger partial charge on any atom is -0.394 e. The largest absolute Gasteiger partial charge is 0.394 e. The molecule has 0 aliphatic carbocycles. The number of rotatable bonds is 31. The van der Waals surface area contributed by atoms with Crippen molar-refractivity contribution in [3.8, 4) is 0 Å². The molecule has 0 spiro atoms. The summed E-state index contributed by atoms with van der Waals surface area (Å²) in [6, 6.07) is -0.974. The molecule has 17 unspecified atom stereocenters. The normalized spacial score (nSPS) is 34.4. The van der Waals surface area contributed by atoms with E-state index in [1.165, 1.54) is 19.3 Å². The van der Waals surface area contributed by atoms with E-state index in [4.69, 9.17) is 28.4 Å². The van der Waals surface area contributed by atoms with Crippen LogP contribution in [0.1, 0.15) is 117 Å². The number of aliphatic hydroxyl groups is 11. The highest BCUT2D eigenvalue weighted by Crippen LogP contribution is 2.33. The van der Waals surface area contributed by atoms with Crippen LogP contribution in [0.2, 0.25) is 0 Å². The quantitative estimate of drug-likeness (QED) is 0.0328. The zero-order valence-corrected chi connectivity index (χ0v) is 38.2. The van der Waals surface area contributed by atoms with Crippen LogP contribution in [0.3, 0.4) is 0 Å². The number of aliphatic hydroxyl groups excluding tert-OH is 11. The summed E-state index contributed by atoms with van der Waals surface area (Å²) in [6.45, 7) is 1.50. The number of unbranched alkanes of at least 4 members (excludes halogenated alkanes) is 11. The summed E-state index contributed by atoms with van der Waals surface area (Å²) in [5.41, 5.74) is 0. The van der Waals surface area contributed by atoms with Gasteiger partial charge in [-0.15, -0.1) is 0 Å². The van der Waals surface area contributed by atoms with Crippen molar-refractivity contribution in [2.45, 2.75) is 221 Å². The van der Waals surface area contributed by atoms with E-state index >= 15 is 0 Å². The van der Waals surface area contributed by atoms with Crippen molar-refractivity contribution in [3.05, 3.63) is 36.5 Å². The summed E-state index contributed by atoms with van der Waals surface area (Å²) in [5, 5.41) is 119. The maximum Gasteiger partial charge on any atom is 0.220 e. The van der Waals surface area contributed by atoms with E-state index in [1.54, 1.807) is 6.08 Å². The molecule has 19 heteroatoms. The van der Waals surface area contributed by atoms with Gasteiger partial charge in [0, 0.05) is 6.42 Å². The number of carbonyl (C=O) groups is 1. The second-order valence-corrected chi connectivity index (χ2v) is 17.2. The molecule has 3 aliphatic heterocycles. The van der Waals surface area contributed by atoms with Crippen LogP contribution >= 0.6 is 0 Å². The number of carbonyl (C=O) groups excluding carboxylic acids is 1. The summed E-state index contributed by atoms with van der Waals surface area (Å²) < 4.78 is 33.9. The molecule has 65 heavy (non-hydrogen) atoms. The van der Waals surface area contributed by atoms with Crippen molar-refractivity contribution in [2.24, 2.45) is 0 Å². The number of amides is 1. The first kappa shape index (κ1) is 57.3. The van der Waals surface area contributed by atoms with E-state index < -0.39 is 124 Å². The SMILES string of the molecule is CCCCC/C=C\C/C=C\CCCCCCCC(=O)NC(COC1OC(CO)C(OC2OC(CO)C(OC3OC(CO)C(O)C(O)C3O)C(O)C2O)C(O)C1O)C(O)/C=C/CCCCC. The maximum atomic E-state index is 13.1. The molecule has 0 aromatic rings. The molecule has 0 saturated carbocycles. The average molecular weight is 936 g/mol. The van der Waals surface area contributed by atoms with Crippen LogP contribution in [0.15, 0.2) is 36.5 Å². The topological polar surface area (TPSA) is 307 Å². The summed E-state index contributed by atoms with van der Waals surface area (Å²) in [6.07, 6.45) is 0.817. The molecule has 0 bridgehead atoms. The zero-order valence-electron chi connectivity index (χ0n) is 38.2. The Hall–Kier alpha value is -1.99. The molecule has 3 heterocycles. The summed E-state index contributed by atoms with van der Waals surface area (Å²) >= 11 is 0. The first-order valence-corrected chi connectivity index (χ1v) is 23.7. The third-order valence-corrected chi connectivity index (χ3v) is 11.9.